The van der Waals surface area contributed by atoms with E-state index in [9.17, 15) is 10.1 Å². The van der Waals surface area contributed by atoms with E-state index in [1.54, 1.807) is 31.4 Å². The molecule has 144 valence electrons. The van der Waals surface area contributed by atoms with Crippen molar-refractivity contribution in [3.05, 3.63) is 65.7 Å². The van der Waals surface area contributed by atoms with Crippen LogP contribution in [0, 0.1) is 11.3 Å². The smallest absolute Gasteiger partial charge is 0.266 e. The molecular formula is C23H18N2O4. The number of nitrogens with zero attached hydrogens (tertiary/aromatic N) is 1. The van der Waals surface area contributed by atoms with Gasteiger partial charge in [-0.3, -0.25) is 4.79 Å². The lowest BCUT2D eigenvalue weighted by molar-refractivity contribution is -0.112. The Morgan fingerprint density at radius 3 is 2.69 bits per heavy atom. The first-order valence-corrected chi connectivity index (χ1v) is 9.08. The average molecular weight is 386 g/mol. The number of hydrogen-bond donors (Lipinski definition) is 1. The third-order valence-electron chi connectivity index (χ3n) is 4.60. The average Bonchev–Trinajstić information content (AvgIpc) is 2.77. The molecular weight excluding hydrogens is 368 g/mol. The molecule has 0 atom stereocenters. The summed E-state index contributed by atoms with van der Waals surface area (Å²) < 4.78 is 16.5. The number of rotatable bonds is 4. The SMILES string of the molecule is COc1ccc2ccccc2c1C=C(C#N)C(=O)Nc1ccc2c(c1)OCCO2. The third-order valence-corrected chi connectivity index (χ3v) is 4.60. The largest absolute Gasteiger partial charge is 0.496 e. The monoisotopic (exact) mass is 386 g/mol. The van der Waals surface area contributed by atoms with Crippen LogP contribution in [0.5, 0.6) is 17.2 Å². The van der Waals surface area contributed by atoms with Crippen molar-refractivity contribution in [3.8, 4) is 23.3 Å². The number of benzene rings is 3. The first kappa shape index (κ1) is 18.4. The number of amides is 1. The minimum atomic E-state index is -0.515. The van der Waals surface area contributed by atoms with Crippen molar-refractivity contribution in [1.82, 2.24) is 0 Å². The molecule has 0 fully saturated rings. The molecule has 1 aliphatic heterocycles. The van der Waals surface area contributed by atoms with E-state index in [-0.39, 0.29) is 5.57 Å². The van der Waals surface area contributed by atoms with Crippen molar-refractivity contribution in [2.75, 3.05) is 25.6 Å². The minimum absolute atomic E-state index is 0.0328. The van der Waals surface area contributed by atoms with Gasteiger partial charge in [0, 0.05) is 17.3 Å². The zero-order chi connectivity index (χ0) is 20.2. The van der Waals surface area contributed by atoms with E-state index in [1.807, 2.05) is 42.5 Å². The highest BCUT2D eigenvalue weighted by atomic mass is 16.6. The van der Waals surface area contributed by atoms with Crippen LogP contribution in [0.2, 0.25) is 0 Å². The number of carbonyl (C=O) groups is 1. The number of nitrogens with one attached hydrogen (secondary N) is 1. The first-order valence-electron chi connectivity index (χ1n) is 9.08. The lowest BCUT2D eigenvalue weighted by Gasteiger charge is -2.19. The summed E-state index contributed by atoms with van der Waals surface area (Å²) >= 11 is 0. The predicted octanol–water partition coefficient (Wildman–Crippen LogP) is 4.17. The first-order chi connectivity index (χ1) is 14.2. The molecule has 4 rings (SSSR count). The molecule has 0 aliphatic carbocycles. The van der Waals surface area contributed by atoms with Crippen molar-refractivity contribution in [3.63, 3.8) is 0 Å². The fraction of sp³-hybridized carbons (Fsp3) is 0.130. The Morgan fingerprint density at radius 2 is 1.90 bits per heavy atom. The molecule has 0 aromatic heterocycles. The van der Waals surface area contributed by atoms with Crippen LogP contribution in [-0.4, -0.2) is 26.2 Å². The number of nitriles is 1. The van der Waals surface area contributed by atoms with E-state index >= 15 is 0 Å². The van der Waals surface area contributed by atoms with Gasteiger partial charge in [-0.1, -0.05) is 30.3 Å². The second-order valence-electron chi connectivity index (χ2n) is 6.39. The van der Waals surface area contributed by atoms with Crippen LogP contribution in [0.4, 0.5) is 5.69 Å². The van der Waals surface area contributed by atoms with Crippen LogP contribution in [0.15, 0.2) is 60.2 Å². The van der Waals surface area contributed by atoms with Gasteiger partial charge in [0.1, 0.15) is 30.6 Å². The maximum absolute atomic E-state index is 12.7. The molecule has 3 aromatic carbocycles. The third kappa shape index (κ3) is 3.71. The van der Waals surface area contributed by atoms with Crippen LogP contribution >= 0.6 is 0 Å². The van der Waals surface area contributed by atoms with E-state index in [1.165, 1.54) is 0 Å². The summed E-state index contributed by atoms with van der Waals surface area (Å²) in [5.74, 6) is 1.26. The second-order valence-corrected chi connectivity index (χ2v) is 6.39. The Hall–Kier alpha value is -3.98. The summed E-state index contributed by atoms with van der Waals surface area (Å²) in [4.78, 5) is 12.7. The maximum atomic E-state index is 12.7. The lowest BCUT2D eigenvalue weighted by atomic mass is 10.0. The van der Waals surface area contributed by atoms with Gasteiger partial charge >= 0.3 is 0 Å². The number of anilines is 1. The topological polar surface area (TPSA) is 80.6 Å². The molecule has 6 heteroatoms. The number of methoxy groups -OCH3 is 1. The van der Waals surface area contributed by atoms with E-state index < -0.39 is 5.91 Å². The number of carbonyl (C=O) groups excluding carboxylic acids is 1. The highest BCUT2D eigenvalue weighted by Crippen LogP contribution is 2.33. The molecule has 1 amide bonds. The summed E-state index contributed by atoms with van der Waals surface area (Å²) in [6.07, 6.45) is 1.55. The summed E-state index contributed by atoms with van der Waals surface area (Å²) in [6, 6.07) is 18.6. The van der Waals surface area contributed by atoms with Crippen LogP contribution < -0.4 is 19.5 Å². The molecule has 0 saturated heterocycles. The quantitative estimate of drug-likeness (QED) is 0.538. The Labute approximate surface area is 167 Å². The molecule has 1 N–H and O–H groups in total. The predicted molar refractivity (Wildman–Crippen MR) is 110 cm³/mol. The van der Waals surface area contributed by atoms with Gasteiger partial charge in [-0.2, -0.15) is 5.26 Å². The standard InChI is InChI=1S/C23H18N2O4/c1-27-20-8-6-15-4-2-3-5-18(15)19(20)12-16(14-24)23(26)25-17-7-9-21-22(13-17)29-11-10-28-21/h2-9,12-13H,10-11H2,1H3,(H,25,26). The molecule has 0 unspecified atom stereocenters. The molecule has 1 heterocycles. The second kappa shape index (κ2) is 7.95. The molecule has 0 bridgehead atoms. The number of fused-ring (bicyclic) bond motifs is 2. The minimum Gasteiger partial charge on any atom is -0.496 e. The van der Waals surface area contributed by atoms with Crippen LogP contribution in [0.3, 0.4) is 0 Å². The molecule has 0 spiro atoms. The van der Waals surface area contributed by atoms with E-state index in [0.717, 1.165) is 10.8 Å². The molecule has 0 radical (unpaired) electrons. The van der Waals surface area contributed by atoms with Crippen molar-refractivity contribution >= 4 is 28.4 Å². The summed E-state index contributed by atoms with van der Waals surface area (Å²) in [5.41, 5.74) is 1.17. The van der Waals surface area contributed by atoms with Crippen molar-refractivity contribution in [1.29, 1.82) is 5.26 Å². The zero-order valence-electron chi connectivity index (χ0n) is 15.8. The Morgan fingerprint density at radius 1 is 1.10 bits per heavy atom. The van der Waals surface area contributed by atoms with Crippen LogP contribution in [-0.2, 0) is 4.79 Å². The van der Waals surface area contributed by atoms with E-state index in [2.05, 4.69) is 5.32 Å². The molecule has 1 aliphatic rings. The van der Waals surface area contributed by atoms with Crippen LogP contribution in [0.25, 0.3) is 16.8 Å². The number of hydrogen-bond acceptors (Lipinski definition) is 5. The highest BCUT2D eigenvalue weighted by molar-refractivity contribution is 6.11. The van der Waals surface area contributed by atoms with Gasteiger partial charge in [-0.25, -0.2) is 0 Å². The van der Waals surface area contributed by atoms with Gasteiger partial charge in [-0.05, 0) is 35.0 Å². The lowest BCUT2D eigenvalue weighted by Crippen LogP contribution is -2.17. The van der Waals surface area contributed by atoms with Gasteiger partial charge in [0.2, 0.25) is 0 Å². The zero-order valence-corrected chi connectivity index (χ0v) is 15.8. The van der Waals surface area contributed by atoms with Gasteiger partial charge < -0.3 is 19.5 Å². The van der Waals surface area contributed by atoms with Crippen LogP contribution in [0.1, 0.15) is 5.56 Å². The van der Waals surface area contributed by atoms with Gasteiger partial charge in [0.05, 0.1) is 7.11 Å². The molecule has 3 aromatic rings. The van der Waals surface area contributed by atoms with Crippen molar-refractivity contribution in [2.24, 2.45) is 0 Å². The fourth-order valence-electron chi connectivity index (χ4n) is 3.21. The summed E-state index contributed by atoms with van der Waals surface area (Å²) in [5, 5.41) is 14.2. The van der Waals surface area contributed by atoms with Gasteiger partial charge in [0.15, 0.2) is 11.5 Å². The Balaban J connectivity index is 1.67. The van der Waals surface area contributed by atoms with E-state index in [0.29, 0.717) is 41.7 Å². The maximum Gasteiger partial charge on any atom is 0.266 e. The highest BCUT2D eigenvalue weighted by Gasteiger charge is 2.16. The Kier molecular flexibility index (Phi) is 5.04. The normalized spacial score (nSPS) is 12.9. The fourth-order valence-corrected chi connectivity index (χ4v) is 3.21. The summed E-state index contributed by atoms with van der Waals surface area (Å²) in [6.45, 7) is 0.946. The van der Waals surface area contributed by atoms with E-state index in [4.69, 9.17) is 14.2 Å². The molecule has 29 heavy (non-hydrogen) atoms. The van der Waals surface area contributed by atoms with Crippen molar-refractivity contribution in [2.45, 2.75) is 0 Å². The molecule has 6 nitrogen and oxygen atoms in total. The van der Waals surface area contributed by atoms with Gasteiger partial charge in [0.25, 0.3) is 5.91 Å². The Bertz CT molecular complexity index is 1160. The molecule has 0 saturated carbocycles. The number of ether oxygens (including phenoxy) is 3. The summed E-state index contributed by atoms with van der Waals surface area (Å²) in [7, 11) is 1.56. The van der Waals surface area contributed by atoms with Crippen molar-refractivity contribution < 1.29 is 19.0 Å². The van der Waals surface area contributed by atoms with Gasteiger partial charge in [-0.15, -0.1) is 0 Å².